The molecule has 82 valence electrons. The van der Waals surface area contributed by atoms with Crippen molar-refractivity contribution in [2.45, 2.75) is 9.24 Å². The van der Waals surface area contributed by atoms with Gasteiger partial charge in [-0.1, -0.05) is 23.1 Å². The molecule has 16 heavy (non-hydrogen) atoms. The number of aromatic nitrogens is 2. The van der Waals surface area contributed by atoms with Crippen LogP contribution in [0.1, 0.15) is 0 Å². The lowest BCUT2D eigenvalue weighted by Crippen LogP contribution is -1.92. The number of nitro groups is 1. The predicted molar refractivity (Wildman–Crippen MR) is 61.5 cm³/mol. The van der Waals surface area contributed by atoms with E-state index in [4.69, 9.17) is 5.73 Å². The maximum absolute atomic E-state index is 10.6. The van der Waals surface area contributed by atoms with Crippen LogP contribution in [0.25, 0.3) is 0 Å². The Morgan fingerprint density at radius 2 is 2.25 bits per heavy atom. The summed E-state index contributed by atoms with van der Waals surface area (Å²) in [5, 5.41) is 18.1. The zero-order valence-corrected chi connectivity index (χ0v) is 9.49. The van der Waals surface area contributed by atoms with E-state index in [1.807, 2.05) is 0 Å². The van der Waals surface area contributed by atoms with Crippen LogP contribution in [0.2, 0.25) is 0 Å². The van der Waals surface area contributed by atoms with Gasteiger partial charge in [0.25, 0.3) is 5.69 Å². The van der Waals surface area contributed by atoms with Crippen LogP contribution in [0.4, 0.5) is 11.4 Å². The van der Waals surface area contributed by atoms with E-state index in [0.717, 1.165) is 4.34 Å². The summed E-state index contributed by atoms with van der Waals surface area (Å²) in [6.45, 7) is 0. The molecule has 0 spiro atoms. The van der Waals surface area contributed by atoms with Crippen molar-refractivity contribution in [1.29, 1.82) is 0 Å². The molecule has 2 rings (SSSR count). The highest BCUT2D eigenvalue weighted by Gasteiger charge is 2.10. The molecule has 8 heteroatoms. The minimum atomic E-state index is -0.472. The molecular weight excluding hydrogens is 248 g/mol. The van der Waals surface area contributed by atoms with Gasteiger partial charge < -0.3 is 5.73 Å². The Labute approximate surface area is 98.7 Å². The molecule has 0 amide bonds. The first-order valence-electron chi connectivity index (χ1n) is 4.14. The molecule has 1 heterocycles. The van der Waals surface area contributed by atoms with Crippen molar-refractivity contribution >= 4 is 34.5 Å². The molecular formula is C8H6N4O2S2. The van der Waals surface area contributed by atoms with Gasteiger partial charge in [0, 0.05) is 22.7 Å². The van der Waals surface area contributed by atoms with Gasteiger partial charge in [-0.3, -0.25) is 10.1 Å². The van der Waals surface area contributed by atoms with Crippen molar-refractivity contribution < 1.29 is 4.92 Å². The number of rotatable bonds is 3. The summed E-state index contributed by atoms with van der Waals surface area (Å²) >= 11 is 2.67. The van der Waals surface area contributed by atoms with E-state index < -0.39 is 4.92 Å². The summed E-state index contributed by atoms with van der Waals surface area (Å²) in [5.74, 6) is 0. The molecule has 0 aliphatic heterocycles. The molecule has 2 N–H and O–H groups in total. The molecule has 0 aliphatic carbocycles. The highest BCUT2D eigenvalue weighted by atomic mass is 32.2. The van der Waals surface area contributed by atoms with Crippen molar-refractivity contribution in [2.75, 3.05) is 5.73 Å². The Kier molecular flexibility index (Phi) is 3.02. The number of nitrogen functional groups attached to an aromatic ring is 1. The summed E-state index contributed by atoms with van der Waals surface area (Å²) in [6, 6.07) is 4.45. The lowest BCUT2D eigenvalue weighted by atomic mass is 10.3. The summed E-state index contributed by atoms with van der Waals surface area (Å²) in [4.78, 5) is 10.8. The standard InChI is InChI=1S/C8H6N4O2S2/c9-5-1-6(12(13)14)3-7(2-5)16-8-11-10-4-15-8/h1-4H,9H2. The monoisotopic (exact) mass is 254 g/mol. The Hall–Kier alpha value is -1.67. The summed E-state index contributed by atoms with van der Waals surface area (Å²) in [5.41, 5.74) is 7.52. The highest BCUT2D eigenvalue weighted by molar-refractivity contribution is 8.01. The average molecular weight is 254 g/mol. The molecule has 0 saturated carbocycles. The van der Waals surface area contributed by atoms with Crippen LogP contribution in [0.15, 0.2) is 32.9 Å². The second kappa shape index (κ2) is 4.45. The largest absolute Gasteiger partial charge is 0.398 e. The van der Waals surface area contributed by atoms with Gasteiger partial charge in [0.2, 0.25) is 0 Å². The maximum Gasteiger partial charge on any atom is 0.272 e. The molecule has 2 aromatic rings. The number of nitro benzene ring substituents is 1. The summed E-state index contributed by atoms with van der Waals surface area (Å²) < 4.78 is 0.722. The Balaban J connectivity index is 2.31. The zero-order chi connectivity index (χ0) is 11.5. The van der Waals surface area contributed by atoms with Crippen LogP contribution in [-0.4, -0.2) is 15.1 Å². The van der Waals surface area contributed by atoms with E-state index in [1.54, 1.807) is 11.6 Å². The Bertz CT molecular complexity index is 515. The van der Waals surface area contributed by atoms with E-state index in [9.17, 15) is 10.1 Å². The van der Waals surface area contributed by atoms with Gasteiger partial charge in [-0.15, -0.1) is 10.2 Å². The Morgan fingerprint density at radius 3 is 2.88 bits per heavy atom. The molecule has 0 saturated heterocycles. The van der Waals surface area contributed by atoms with Crippen molar-refractivity contribution in [3.8, 4) is 0 Å². The summed E-state index contributed by atoms with van der Waals surface area (Å²) in [6.07, 6.45) is 0. The molecule has 0 radical (unpaired) electrons. The Morgan fingerprint density at radius 1 is 1.44 bits per heavy atom. The predicted octanol–water partition coefficient (Wildman–Crippen LogP) is 2.18. The van der Waals surface area contributed by atoms with E-state index >= 15 is 0 Å². The first-order valence-corrected chi connectivity index (χ1v) is 5.84. The lowest BCUT2D eigenvalue weighted by molar-refractivity contribution is -0.385. The number of non-ortho nitro benzene ring substituents is 1. The van der Waals surface area contributed by atoms with Crippen LogP contribution in [-0.2, 0) is 0 Å². The van der Waals surface area contributed by atoms with Crippen molar-refractivity contribution in [1.82, 2.24) is 10.2 Å². The van der Waals surface area contributed by atoms with Gasteiger partial charge in [0.15, 0.2) is 4.34 Å². The fourth-order valence-corrected chi connectivity index (χ4v) is 2.63. The first kappa shape index (κ1) is 10.8. The van der Waals surface area contributed by atoms with Gasteiger partial charge in [-0.2, -0.15) is 0 Å². The second-order valence-electron chi connectivity index (χ2n) is 2.82. The van der Waals surface area contributed by atoms with Crippen molar-refractivity contribution in [2.24, 2.45) is 0 Å². The van der Waals surface area contributed by atoms with Gasteiger partial charge in [-0.05, 0) is 6.07 Å². The third kappa shape index (κ3) is 2.47. The minimum Gasteiger partial charge on any atom is -0.398 e. The molecule has 0 bridgehead atoms. The lowest BCUT2D eigenvalue weighted by Gasteiger charge is -1.99. The third-order valence-corrected chi connectivity index (χ3v) is 3.42. The molecule has 0 atom stereocenters. The number of hydrogen-bond donors (Lipinski definition) is 1. The van der Waals surface area contributed by atoms with E-state index in [-0.39, 0.29) is 5.69 Å². The van der Waals surface area contributed by atoms with Gasteiger partial charge in [-0.25, -0.2) is 0 Å². The number of nitrogens with zero attached hydrogens (tertiary/aromatic N) is 3. The molecule has 0 fully saturated rings. The van der Waals surface area contributed by atoms with Crippen LogP contribution in [0, 0.1) is 10.1 Å². The van der Waals surface area contributed by atoms with Gasteiger partial charge in [0.05, 0.1) is 4.92 Å². The number of anilines is 1. The third-order valence-electron chi connectivity index (χ3n) is 1.67. The molecule has 1 aromatic heterocycles. The maximum atomic E-state index is 10.6. The van der Waals surface area contributed by atoms with Crippen LogP contribution in [0.3, 0.4) is 0 Å². The van der Waals surface area contributed by atoms with Crippen LogP contribution >= 0.6 is 23.1 Å². The first-order chi connectivity index (χ1) is 7.65. The SMILES string of the molecule is Nc1cc(Sc2nncs2)cc([N+](=O)[O-])c1. The zero-order valence-electron chi connectivity index (χ0n) is 7.86. The van der Waals surface area contributed by atoms with Crippen LogP contribution < -0.4 is 5.73 Å². The fourth-order valence-electron chi connectivity index (χ4n) is 1.08. The van der Waals surface area contributed by atoms with Gasteiger partial charge in [0.1, 0.15) is 5.51 Å². The number of hydrogen-bond acceptors (Lipinski definition) is 7. The molecule has 1 aromatic carbocycles. The van der Waals surface area contributed by atoms with Crippen molar-refractivity contribution in [3.05, 3.63) is 33.8 Å². The topological polar surface area (TPSA) is 94.9 Å². The highest BCUT2D eigenvalue weighted by Crippen LogP contribution is 2.32. The van der Waals surface area contributed by atoms with E-state index in [1.165, 1.54) is 35.2 Å². The van der Waals surface area contributed by atoms with E-state index in [2.05, 4.69) is 10.2 Å². The molecule has 6 nitrogen and oxygen atoms in total. The normalized spacial score (nSPS) is 10.2. The number of nitrogens with two attached hydrogens (primary N) is 1. The average Bonchev–Trinajstić information content (AvgIpc) is 2.69. The van der Waals surface area contributed by atoms with Crippen molar-refractivity contribution in [3.63, 3.8) is 0 Å². The van der Waals surface area contributed by atoms with Gasteiger partial charge >= 0.3 is 0 Å². The smallest absolute Gasteiger partial charge is 0.272 e. The van der Waals surface area contributed by atoms with Crippen LogP contribution in [0.5, 0.6) is 0 Å². The summed E-state index contributed by atoms with van der Waals surface area (Å²) in [7, 11) is 0. The van der Waals surface area contributed by atoms with E-state index in [0.29, 0.717) is 10.6 Å². The minimum absolute atomic E-state index is 0.0213. The quantitative estimate of drug-likeness (QED) is 0.512. The molecule has 0 aliphatic rings. The second-order valence-corrected chi connectivity index (χ2v) is 4.98. The number of benzene rings is 1. The fraction of sp³-hybridized carbons (Fsp3) is 0. The molecule has 0 unspecified atom stereocenters.